The predicted molar refractivity (Wildman–Crippen MR) is 73.9 cm³/mol. The van der Waals surface area contributed by atoms with Crippen molar-refractivity contribution in [2.75, 3.05) is 11.9 Å². The van der Waals surface area contributed by atoms with Gasteiger partial charge >= 0.3 is 0 Å². The number of aryl methyl sites for hydroxylation is 2. The number of aromatic nitrogens is 3. The molecule has 8 heteroatoms. The van der Waals surface area contributed by atoms with Gasteiger partial charge in [-0.15, -0.1) is 0 Å². The van der Waals surface area contributed by atoms with E-state index < -0.39 is 5.56 Å². The van der Waals surface area contributed by atoms with Crippen molar-refractivity contribution in [3.05, 3.63) is 38.9 Å². The van der Waals surface area contributed by atoms with Gasteiger partial charge in [0.1, 0.15) is 10.8 Å². The fourth-order valence-corrected chi connectivity index (χ4v) is 1.84. The van der Waals surface area contributed by atoms with E-state index in [-0.39, 0.29) is 18.2 Å². The van der Waals surface area contributed by atoms with Crippen LogP contribution in [0.1, 0.15) is 17.3 Å². The maximum atomic E-state index is 11.8. The highest BCUT2D eigenvalue weighted by Gasteiger charge is 2.10. The minimum Gasteiger partial charge on any atom is -0.444 e. The molecule has 108 valence electrons. The molecule has 2 aromatic rings. The van der Waals surface area contributed by atoms with E-state index in [9.17, 15) is 4.79 Å². The minimum atomic E-state index is -0.453. The van der Waals surface area contributed by atoms with Crippen LogP contribution in [0.3, 0.4) is 0 Å². The van der Waals surface area contributed by atoms with Gasteiger partial charge in [0.25, 0.3) is 5.56 Å². The van der Waals surface area contributed by atoms with E-state index in [1.54, 1.807) is 0 Å². The molecule has 0 aliphatic carbocycles. The molecule has 0 amide bonds. The van der Waals surface area contributed by atoms with Crippen molar-refractivity contribution in [1.29, 1.82) is 0 Å². The summed E-state index contributed by atoms with van der Waals surface area (Å²) in [6.45, 7) is 3.92. The van der Waals surface area contributed by atoms with E-state index in [1.165, 1.54) is 6.20 Å². The van der Waals surface area contributed by atoms with Crippen molar-refractivity contribution >= 4 is 17.3 Å². The fourth-order valence-electron chi connectivity index (χ4n) is 1.63. The van der Waals surface area contributed by atoms with Crippen LogP contribution in [0, 0.1) is 13.8 Å². The molecule has 2 N–H and O–H groups in total. The topological polar surface area (TPSA) is 93.2 Å². The van der Waals surface area contributed by atoms with Crippen LogP contribution in [0.4, 0.5) is 5.69 Å². The highest BCUT2D eigenvalue weighted by atomic mass is 35.5. The van der Waals surface area contributed by atoms with E-state index in [0.29, 0.717) is 18.1 Å². The second kappa shape index (κ2) is 6.06. The molecule has 0 saturated carbocycles. The molecule has 2 heterocycles. The standard InChI is InChI=1S/C12H15ClN4O3/c1-7-8(2)20-10(16-7)6-14-9-5-15-17(3-4-18)12(19)11(9)13/h5,14,18H,3-4,6H2,1-2H3. The lowest BCUT2D eigenvalue weighted by Crippen LogP contribution is -2.25. The average molecular weight is 299 g/mol. The number of nitrogens with zero attached hydrogens (tertiary/aromatic N) is 3. The van der Waals surface area contributed by atoms with E-state index in [4.69, 9.17) is 21.1 Å². The van der Waals surface area contributed by atoms with Gasteiger partial charge in [-0.25, -0.2) is 9.67 Å². The zero-order chi connectivity index (χ0) is 14.7. The van der Waals surface area contributed by atoms with Gasteiger partial charge in [0.15, 0.2) is 0 Å². The van der Waals surface area contributed by atoms with E-state index in [2.05, 4.69) is 15.4 Å². The first kappa shape index (κ1) is 14.5. The number of aliphatic hydroxyl groups excluding tert-OH is 1. The van der Waals surface area contributed by atoms with Crippen molar-refractivity contribution in [1.82, 2.24) is 14.8 Å². The number of hydrogen-bond acceptors (Lipinski definition) is 6. The van der Waals surface area contributed by atoms with Gasteiger partial charge in [-0.05, 0) is 13.8 Å². The Morgan fingerprint density at radius 2 is 2.25 bits per heavy atom. The third-order valence-corrected chi connectivity index (χ3v) is 3.16. The maximum absolute atomic E-state index is 11.8. The molecule has 0 aliphatic rings. The van der Waals surface area contributed by atoms with Crippen LogP contribution in [-0.4, -0.2) is 26.5 Å². The Labute approximate surface area is 120 Å². The lowest BCUT2D eigenvalue weighted by Gasteiger charge is -2.08. The highest BCUT2D eigenvalue weighted by molar-refractivity contribution is 6.32. The Morgan fingerprint density at radius 3 is 2.85 bits per heavy atom. The second-order valence-electron chi connectivity index (χ2n) is 4.23. The molecule has 0 saturated heterocycles. The monoisotopic (exact) mass is 298 g/mol. The van der Waals surface area contributed by atoms with Crippen molar-refractivity contribution in [2.24, 2.45) is 0 Å². The largest absolute Gasteiger partial charge is 0.444 e. The summed E-state index contributed by atoms with van der Waals surface area (Å²) in [6.07, 6.45) is 1.43. The lowest BCUT2D eigenvalue weighted by atomic mass is 10.4. The summed E-state index contributed by atoms with van der Waals surface area (Å²) >= 11 is 5.97. The molecule has 2 rings (SSSR count). The fraction of sp³-hybridized carbons (Fsp3) is 0.417. The molecule has 0 radical (unpaired) electrons. The minimum absolute atomic E-state index is 0.0217. The molecule has 0 fully saturated rings. The second-order valence-corrected chi connectivity index (χ2v) is 4.60. The van der Waals surface area contributed by atoms with Crippen molar-refractivity contribution in [3.8, 4) is 0 Å². The Balaban J connectivity index is 2.14. The third-order valence-electron chi connectivity index (χ3n) is 2.80. The van der Waals surface area contributed by atoms with Gasteiger partial charge in [0.05, 0.1) is 37.3 Å². The number of hydrogen-bond donors (Lipinski definition) is 2. The Kier molecular flexibility index (Phi) is 4.41. The number of oxazole rings is 1. The molecule has 0 bridgehead atoms. The van der Waals surface area contributed by atoms with Crippen molar-refractivity contribution < 1.29 is 9.52 Å². The summed E-state index contributed by atoms with van der Waals surface area (Å²) in [5, 5.41) is 15.7. The summed E-state index contributed by atoms with van der Waals surface area (Å²) in [6, 6.07) is 0. The normalized spacial score (nSPS) is 10.8. The summed E-state index contributed by atoms with van der Waals surface area (Å²) < 4.78 is 6.52. The zero-order valence-electron chi connectivity index (χ0n) is 11.2. The van der Waals surface area contributed by atoms with E-state index >= 15 is 0 Å². The molecular weight excluding hydrogens is 284 g/mol. The van der Waals surface area contributed by atoms with Crippen LogP contribution in [0.15, 0.2) is 15.4 Å². The van der Waals surface area contributed by atoms with Crippen LogP contribution in [0.25, 0.3) is 0 Å². The SMILES string of the molecule is Cc1nc(CNc2cnn(CCO)c(=O)c2Cl)oc1C. The first-order valence-corrected chi connectivity index (χ1v) is 6.44. The molecule has 0 unspecified atom stereocenters. The van der Waals surface area contributed by atoms with Gasteiger partial charge in [0.2, 0.25) is 5.89 Å². The van der Waals surface area contributed by atoms with Gasteiger partial charge in [0, 0.05) is 0 Å². The van der Waals surface area contributed by atoms with Crippen LogP contribution >= 0.6 is 11.6 Å². The number of halogens is 1. The lowest BCUT2D eigenvalue weighted by molar-refractivity contribution is 0.266. The first-order valence-electron chi connectivity index (χ1n) is 6.06. The zero-order valence-corrected chi connectivity index (χ0v) is 11.9. The highest BCUT2D eigenvalue weighted by Crippen LogP contribution is 2.17. The number of aliphatic hydroxyl groups is 1. The van der Waals surface area contributed by atoms with Gasteiger partial charge < -0.3 is 14.8 Å². The van der Waals surface area contributed by atoms with Crippen LogP contribution in [0.5, 0.6) is 0 Å². The van der Waals surface area contributed by atoms with Crippen LogP contribution in [0.2, 0.25) is 5.02 Å². The van der Waals surface area contributed by atoms with Crippen molar-refractivity contribution in [2.45, 2.75) is 26.9 Å². The van der Waals surface area contributed by atoms with Crippen molar-refractivity contribution in [3.63, 3.8) is 0 Å². The van der Waals surface area contributed by atoms with Crippen LogP contribution < -0.4 is 10.9 Å². The predicted octanol–water partition coefficient (Wildman–Crippen LogP) is 1.11. The summed E-state index contributed by atoms with van der Waals surface area (Å²) in [5.74, 6) is 1.26. The smallest absolute Gasteiger partial charge is 0.287 e. The quantitative estimate of drug-likeness (QED) is 0.859. The number of nitrogens with one attached hydrogen (secondary N) is 1. The molecule has 20 heavy (non-hydrogen) atoms. The average Bonchev–Trinajstić information content (AvgIpc) is 2.74. The molecule has 7 nitrogen and oxygen atoms in total. The Morgan fingerprint density at radius 1 is 1.50 bits per heavy atom. The van der Waals surface area contributed by atoms with Gasteiger partial charge in [-0.1, -0.05) is 11.6 Å². The Hall–Kier alpha value is -1.86. The molecule has 0 aromatic carbocycles. The summed E-state index contributed by atoms with van der Waals surface area (Å²) in [4.78, 5) is 16.0. The summed E-state index contributed by atoms with van der Waals surface area (Å²) in [5.41, 5.74) is 0.772. The van der Waals surface area contributed by atoms with Gasteiger partial charge in [-0.2, -0.15) is 5.10 Å². The molecule has 0 aliphatic heterocycles. The maximum Gasteiger partial charge on any atom is 0.287 e. The first-order chi connectivity index (χ1) is 9.52. The number of anilines is 1. The van der Waals surface area contributed by atoms with Gasteiger partial charge in [-0.3, -0.25) is 4.79 Å². The molecule has 0 spiro atoms. The van der Waals surface area contributed by atoms with E-state index in [1.807, 2.05) is 13.8 Å². The van der Waals surface area contributed by atoms with Crippen LogP contribution in [-0.2, 0) is 13.1 Å². The number of rotatable bonds is 5. The summed E-state index contributed by atoms with van der Waals surface area (Å²) in [7, 11) is 0. The molecular formula is C12H15ClN4O3. The molecule has 2 aromatic heterocycles. The Bertz CT molecular complexity index is 646. The van der Waals surface area contributed by atoms with E-state index in [0.717, 1.165) is 16.1 Å². The molecule has 0 atom stereocenters. The third kappa shape index (κ3) is 3.00.